The second-order valence-corrected chi connectivity index (χ2v) is 14.0. The number of hydrogen-bond donors (Lipinski definition) is 0. The van der Waals surface area contributed by atoms with Crippen molar-refractivity contribution in [2.45, 2.75) is 0 Å². The van der Waals surface area contributed by atoms with Crippen LogP contribution in [-0.4, -0.2) is 20.7 Å². The van der Waals surface area contributed by atoms with E-state index >= 15 is 0 Å². The molecule has 1 aliphatic carbocycles. The van der Waals surface area contributed by atoms with Gasteiger partial charge in [-0.25, -0.2) is 0 Å². The number of rotatable bonds is 4. The zero-order valence-electron chi connectivity index (χ0n) is 29.0. The second kappa shape index (κ2) is 11.6. The molecule has 1 aliphatic rings. The highest BCUT2D eigenvalue weighted by Crippen LogP contribution is 2.37. The lowest BCUT2D eigenvalue weighted by molar-refractivity contribution is 0.0979. The number of benzene rings is 8. The van der Waals surface area contributed by atoms with E-state index in [2.05, 4.69) is 155 Å². The zero-order valence-corrected chi connectivity index (χ0v) is 29.0. The first kappa shape index (κ1) is 30.3. The number of carbonyl (C=O) groups excluding carboxylic acids is 2. The molecule has 0 amide bonds. The highest BCUT2D eigenvalue weighted by molar-refractivity contribution is 6.29. The summed E-state index contributed by atoms with van der Waals surface area (Å²) in [4.78, 5) is 28.0. The molecule has 0 saturated heterocycles. The van der Waals surface area contributed by atoms with Crippen LogP contribution in [0.2, 0.25) is 0 Å². The quantitative estimate of drug-likeness (QED) is 0.184. The Morgan fingerprint density at radius 3 is 0.907 bits per heavy atom. The Morgan fingerprint density at radius 2 is 0.574 bits per heavy atom. The molecule has 54 heavy (non-hydrogen) atoms. The Kier molecular flexibility index (Phi) is 6.52. The number of aromatic nitrogens is 2. The number of hydrogen-bond acceptors (Lipinski definition) is 2. The van der Waals surface area contributed by atoms with Gasteiger partial charge in [0.15, 0.2) is 11.6 Å². The minimum absolute atomic E-state index is 0.128. The van der Waals surface area contributed by atoms with Crippen LogP contribution in [0.4, 0.5) is 0 Å². The lowest BCUT2D eigenvalue weighted by Gasteiger charge is -2.19. The fraction of sp³-hybridized carbons (Fsp3) is 0. The Balaban J connectivity index is 0.905. The molecule has 252 valence electrons. The molecule has 0 fully saturated rings. The Hall–Kier alpha value is -7.30. The summed E-state index contributed by atoms with van der Waals surface area (Å²) >= 11 is 0. The maximum atomic E-state index is 14.0. The van der Waals surface area contributed by atoms with Gasteiger partial charge in [0.1, 0.15) is 0 Å². The van der Waals surface area contributed by atoms with Crippen LogP contribution < -0.4 is 0 Å². The number of nitrogens with zero attached hydrogens (tertiary/aromatic N) is 2. The molecule has 10 aromatic rings. The van der Waals surface area contributed by atoms with E-state index < -0.39 is 0 Å². The molecule has 8 aromatic carbocycles. The average molecular weight is 691 g/mol. The van der Waals surface area contributed by atoms with E-state index in [1.54, 1.807) is 0 Å². The van der Waals surface area contributed by atoms with Gasteiger partial charge in [0.05, 0.1) is 22.1 Å². The van der Waals surface area contributed by atoms with Crippen molar-refractivity contribution in [3.8, 4) is 33.6 Å². The third-order valence-corrected chi connectivity index (χ3v) is 11.1. The van der Waals surface area contributed by atoms with Crippen LogP contribution in [-0.2, 0) is 0 Å². The normalized spacial score (nSPS) is 12.5. The minimum atomic E-state index is -0.128. The van der Waals surface area contributed by atoms with Crippen molar-refractivity contribution >= 4 is 55.2 Å². The largest absolute Gasteiger partial charge is 0.309 e. The van der Waals surface area contributed by atoms with Crippen molar-refractivity contribution in [3.63, 3.8) is 0 Å². The molecule has 0 aliphatic heterocycles. The van der Waals surface area contributed by atoms with Gasteiger partial charge in [-0.15, -0.1) is 0 Å². The van der Waals surface area contributed by atoms with Gasteiger partial charge in [-0.3, -0.25) is 9.59 Å². The van der Waals surface area contributed by atoms with Crippen LogP contribution in [0.1, 0.15) is 31.8 Å². The summed E-state index contributed by atoms with van der Waals surface area (Å²) in [6.07, 6.45) is 0. The third-order valence-electron chi connectivity index (χ3n) is 11.1. The highest BCUT2D eigenvalue weighted by atomic mass is 16.1. The predicted octanol–water partition coefficient (Wildman–Crippen LogP) is 12.0. The molecule has 2 heterocycles. The fourth-order valence-corrected chi connectivity index (χ4v) is 8.52. The van der Waals surface area contributed by atoms with Crippen LogP contribution in [0.25, 0.3) is 77.2 Å². The molecule has 11 rings (SSSR count). The summed E-state index contributed by atoms with van der Waals surface area (Å²) < 4.78 is 4.57. The van der Waals surface area contributed by atoms with Gasteiger partial charge < -0.3 is 9.13 Å². The van der Waals surface area contributed by atoms with E-state index in [-0.39, 0.29) is 11.6 Å². The molecule has 0 radical (unpaired) electrons. The van der Waals surface area contributed by atoms with Crippen LogP contribution in [0, 0.1) is 0 Å². The van der Waals surface area contributed by atoms with Crippen molar-refractivity contribution in [3.05, 3.63) is 204 Å². The van der Waals surface area contributed by atoms with E-state index in [1.165, 1.54) is 21.5 Å². The number of carbonyl (C=O) groups is 2. The van der Waals surface area contributed by atoms with Gasteiger partial charge in [0.25, 0.3) is 0 Å². The van der Waals surface area contributed by atoms with Crippen molar-refractivity contribution in [1.82, 2.24) is 9.13 Å². The summed E-state index contributed by atoms with van der Waals surface area (Å²) in [7, 11) is 0. The van der Waals surface area contributed by atoms with Gasteiger partial charge in [-0.2, -0.15) is 0 Å². The number of ketones is 2. The molecule has 0 saturated carbocycles. The predicted molar refractivity (Wildman–Crippen MR) is 219 cm³/mol. The summed E-state index contributed by atoms with van der Waals surface area (Å²) in [5, 5.41) is 4.87. The van der Waals surface area contributed by atoms with Crippen LogP contribution in [0.5, 0.6) is 0 Å². The molecule has 0 N–H and O–H groups in total. The zero-order chi connectivity index (χ0) is 35.9. The monoisotopic (exact) mass is 690 g/mol. The van der Waals surface area contributed by atoms with E-state index in [1.807, 2.05) is 36.4 Å². The average Bonchev–Trinajstić information content (AvgIpc) is 3.76. The smallest absolute Gasteiger partial charge is 0.194 e. The molecule has 2 aromatic heterocycles. The number of fused-ring (bicyclic) bond motifs is 8. The van der Waals surface area contributed by atoms with E-state index in [9.17, 15) is 9.59 Å². The topological polar surface area (TPSA) is 44.0 Å². The van der Waals surface area contributed by atoms with Crippen molar-refractivity contribution in [2.75, 3.05) is 0 Å². The van der Waals surface area contributed by atoms with Crippen LogP contribution >= 0.6 is 0 Å². The van der Waals surface area contributed by atoms with Gasteiger partial charge in [-0.1, -0.05) is 109 Å². The van der Waals surface area contributed by atoms with Gasteiger partial charge in [-0.05, 0) is 95.1 Å². The minimum Gasteiger partial charge on any atom is -0.309 e. The lowest BCUT2D eigenvalue weighted by Crippen LogP contribution is -2.21. The van der Waals surface area contributed by atoms with Crippen LogP contribution in [0.3, 0.4) is 0 Å². The van der Waals surface area contributed by atoms with E-state index in [4.69, 9.17) is 0 Å². The Morgan fingerprint density at radius 1 is 0.278 bits per heavy atom. The summed E-state index contributed by atoms with van der Waals surface area (Å²) in [6.45, 7) is 0. The molecular weight excluding hydrogens is 661 g/mol. The van der Waals surface area contributed by atoms with Crippen molar-refractivity contribution in [2.24, 2.45) is 0 Å². The Bertz CT molecular complexity index is 2860. The van der Waals surface area contributed by atoms with E-state index in [0.29, 0.717) is 22.3 Å². The van der Waals surface area contributed by atoms with Gasteiger partial charge in [0, 0.05) is 55.2 Å². The lowest BCUT2D eigenvalue weighted by atomic mass is 9.81. The maximum Gasteiger partial charge on any atom is 0.194 e. The standard InChI is InChI=1S/C50H30N2O2/c53-49-42-28-22-34(32-19-25-36(26-20-32)52-47-15-7-3-11-39(47)40-12-4-8-16-48(40)52)30-44(42)50(54)41-27-21-33(29-43(41)49)31-17-23-35(24-18-31)51-45-13-5-1-9-37(45)38-10-2-6-14-46(38)51/h1-30H. The second-order valence-electron chi connectivity index (χ2n) is 14.0. The molecule has 0 bridgehead atoms. The molecule has 0 unspecified atom stereocenters. The molecule has 4 heteroatoms. The summed E-state index contributed by atoms with van der Waals surface area (Å²) in [5.74, 6) is -0.256. The first-order valence-electron chi connectivity index (χ1n) is 18.2. The first-order valence-corrected chi connectivity index (χ1v) is 18.2. The third kappa shape index (κ3) is 4.44. The SMILES string of the molecule is O=C1c2ccc(-c3ccc(-n4c5ccccc5c5ccccc54)cc3)cc2C(=O)c2ccc(-c3ccc(-n4c5ccccc5c5ccccc54)cc3)cc21. The van der Waals surface area contributed by atoms with Crippen molar-refractivity contribution in [1.29, 1.82) is 0 Å². The first-order chi connectivity index (χ1) is 26.6. The molecule has 4 nitrogen and oxygen atoms in total. The molecule has 0 atom stereocenters. The maximum absolute atomic E-state index is 14.0. The highest BCUT2D eigenvalue weighted by Gasteiger charge is 2.30. The van der Waals surface area contributed by atoms with Gasteiger partial charge in [0.2, 0.25) is 0 Å². The molecular formula is C50H30N2O2. The number of para-hydroxylation sites is 4. The summed E-state index contributed by atoms with van der Waals surface area (Å²) in [6, 6.07) is 61.9. The Labute approximate surface area is 310 Å². The van der Waals surface area contributed by atoms with Crippen molar-refractivity contribution < 1.29 is 9.59 Å². The van der Waals surface area contributed by atoms with E-state index in [0.717, 1.165) is 55.7 Å². The van der Waals surface area contributed by atoms with Gasteiger partial charge >= 0.3 is 0 Å². The molecule has 0 spiro atoms. The fourth-order valence-electron chi connectivity index (χ4n) is 8.52. The summed E-state index contributed by atoms with van der Waals surface area (Å²) in [5.41, 5.74) is 12.3. The van der Waals surface area contributed by atoms with Crippen LogP contribution in [0.15, 0.2) is 182 Å².